The van der Waals surface area contributed by atoms with Gasteiger partial charge in [0.05, 0.1) is 21.5 Å². The van der Waals surface area contributed by atoms with Crippen molar-refractivity contribution in [2.45, 2.75) is 6.92 Å². The summed E-state index contributed by atoms with van der Waals surface area (Å²) >= 11 is 9.81. The Bertz CT molecular complexity index is 1200. The molecule has 3 rings (SSSR count). The van der Waals surface area contributed by atoms with Crippen molar-refractivity contribution in [1.82, 2.24) is 4.90 Å². The number of carbonyl (C=O) groups excluding carboxylic acids is 3. The third-order valence-corrected chi connectivity index (χ3v) is 6.39. The molecule has 3 amide bonds. The van der Waals surface area contributed by atoms with E-state index in [9.17, 15) is 29.6 Å². The number of amides is 3. The van der Waals surface area contributed by atoms with Gasteiger partial charge in [0.25, 0.3) is 11.1 Å². The van der Waals surface area contributed by atoms with Crippen LogP contribution in [0.5, 0.6) is 11.5 Å². The number of nitrogens with zero attached hydrogens (tertiary/aromatic N) is 2. The number of carbonyl (C=O) groups is 3. The Labute approximate surface area is 204 Å². The summed E-state index contributed by atoms with van der Waals surface area (Å²) in [5.74, 6) is -2.12. The Kier molecular flexibility index (Phi) is 7.61. The first-order valence-electron chi connectivity index (χ1n) is 9.25. The maximum Gasteiger partial charge on any atom is 0.315 e. The summed E-state index contributed by atoms with van der Waals surface area (Å²) in [5, 5.41) is 23.5. The lowest BCUT2D eigenvalue weighted by atomic mass is 10.1. The zero-order chi connectivity index (χ0) is 24.3. The molecule has 2 aromatic carbocycles. The summed E-state index contributed by atoms with van der Waals surface area (Å²) in [5.41, 5.74) is -0.0584. The van der Waals surface area contributed by atoms with E-state index in [1.165, 1.54) is 18.2 Å². The van der Waals surface area contributed by atoms with E-state index < -0.39 is 40.0 Å². The molecule has 0 spiro atoms. The van der Waals surface area contributed by atoms with Gasteiger partial charge in [0.1, 0.15) is 6.54 Å². The number of phenolic OH excluding ortho intramolecular Hbond substituents is 1. The van der Waals surface area contributed by atoms with Crippen molar-refractivity contribution in [3.05, 3.63) is 60.4 Å². The van der Waals surface area contributed by atoms with Crippen molar-refractivity contribution < 1.29 is 29.2 Å². The number of nitrogens with one attached hydrogen (secondary N) is 1. The van der Waals surface area contributed by atoms with Crippen molar-refractivity contribution in [3.8, 4) is 11.5 Å². The molecule has 2 N–H and O–H groups in total. The van der Waals surface area contributed by atoms with Crippen LogP contribution < -0.4 is 10.1 Å². The molecule has 1 aliphatic heterocycles. The van der Waals surface area contributed by atoms with Crippen molar-refractivity contribution >= 4 is 73.8 Å². The summed E-state index contributed by atoms with van der Waals surface area (Å²) in [7, 11) is 0. The van der Waals surface area contributed by atoms with Gasteiger partial charge in [-0.05, 0) is 70.5 Å². The highest BCUT2D eigenvalue weighted by Crippen LogP contribution is 2.39. The summed E-state index contributed by atoms with van der Waals surface area (Å²) < 4.78 is 5.85. The quantitative estimate of drug-likeness (QED) is 0.282. The molecule has 172 valence electrons. The molecule has 0 unspecified atom stereocenters. The largest absolute Gasteiger partial charge is 0.500 e. The van der Waals surface area contributed by atoms with Gasteiger partial charge in [-0.15, -0.1) is 0 Å². The molecule has 2 aromatic rings. The number of nitro benzene ring substituents is 1. The highest BCUT2D eigenvalue weighted by Gasteiger charge is 2.36. The number of imide groups is 1. The minimum atomic E-state index is -0.792. The fourth-order valence-corrected chi connectivity index (χ4v) is 4.07. The van der Waals surface area contributed by atoms with E-state index in [2.05, 4.69) is 21.2 Å². The van der Waals surface area contributed by atoms with Crippen LogP contribution in [0, 0.1) is 10.1 Å². The second kappa shape index (κ2) is 10.2. The number of phenols is 1. The van der Waals surface area contributed by atoms with E-state index in [1.54, 1.807) is 19.1 Å². The van der Waals surface area contributed by atoms with Crippen molar-refractivity contribution in [3.63, 3.8) is 0 Å². The maximum absolute atomic E-state index is 12.7. The van der Waals surface area contributed by atoms with Gasteiger partial charge in [0, 0.05) is 16.2 Å². The zero-order valence-corrected chi connectivity index (χ0v) is 20.0. The van der Waals surface area contributed by atoms with Gasteiger partial charge in [-0.1, -0.05) is 11.6 Å². The summed E-state index contributed by atoms with van der Waals surface area (Å²) in [6, 6.07) is 7.09. The molecule has 33 heavy (non-hydrogen) atoms. The molecular formula is C20H15BrClN3O7S. The molecule has 1 heterocycles. The van der Waals surface area contributed by atoms with Crippen molar-refractivity contribution in [2.24, 2.45) is 0 Å². The number of nitro groups is 1. The van der Waals surface area contributed by atoms with Gasteiger partial charge in [0.2, 0.25) is 11.7 Å². The van der Waals surface area contributed by atoms with Crippen LogP contribution in [-0.2, 0) is 9.59 Å². The summed E-state index contributed by atoms with van der Waals surface area (Å²) in [6.07, 6.45) is 1.26. The molecule has 13 heteroatoms. The van der Waals surface area contributed by atoms with E-state index in [0.717, 1.165) is 11.0 Å². The number of benzene rings is 2. The Hall–Kier alpha value is -3.09. The first kappa shape index (κ1) is 24.6. The molecule has 0 atom stereocenters. The number of halogens is 2. The summed E-state index contributed by atoms with van der Waals surface area (Å²) in [4.78, 5) is 48.5. The Morgan fingerprint density at radius 3 is 2.73 bits per heavy atom. The van der Waals surface area contributed by atoms with Gasteiger partial charge >= 0.3 is 5.69 Å². The lowest BCUT2D eigenvalue weighted by Crippen LogP contribution is -2.36. The monoisotopic (exact) mass is 555 g/mol. The number of thioether (sulfide) groups is 1. The number of anilines is 1. The third kappa shape index (κ3) is 5.64. The lowest BCUT2D eigenvalue weighted by molar-refractivity contribution is -0.386. The predicted molar refractivity (Wildman–Crippen MR) is 126 cm³/mol. The topological polar surface area (TPSA) is 139 Å². The van der Waals surface area contributed by atoms with Crippen LogP contribution in [0.4, 0.5) is 16.2 Å². The number of aromatic hydroxyl groups is 1. The van der Waals surface area contributed by atoms with Gasteiger partial charge in [-0.2, -0.15) is 0 Å². The highest BCUT2D eigenvalue weighted by atomic mass is 79.9. The molecule has 0 aliphatic carbocycles. The highest BCUT2D eigenvalue weighted by molar-refractivity contribution is 9.10. The van der Waals surface area contributed by atoms with E-state index in [0.29, 0.717) is 26.9 Å². The molecule has 1 aliphatic rings. The van der Waals surface area contributed by atoms with Gasteiger partial charge in [-0.3, -0.25) is 29.4 Å². The van der Waals surface area contributed by atoms with Crippen LogP contribution in [0.15, 0.2) is 39.7 Å². The lowest BCUT2D eigenvalue weighted by Gasteiger charge is -2.12. The Morgan fingerprint density at radius 2 is 2.09 bits per heavy atom. The average molecular weight is 557 g/mol. The van der Waals surface area contributed by atoms with Gasteiger partial charge < -0.3 is 15.2 Å². The molecule has 0 radical (unpaired) electrons. The van der Waals surface area contributed by atoms with E-state index >= 15 is 0 Å². The van der Waals surface area contributed by atoms with Gasteiger partial charge in [-0.25, -0.2) is 0 Å². The first-order chi connectivity index (χ1) is 15.6. The number of rotatable bonds is 7. The van der Waals surface area contributed by atoms with Crippen molar-refractivity contribution in [2.75, 3.05) is 18.5 Å². The molecule has 10 nitrogen and oxygen atoms in total. The summed E-state index contributed by atoms with van der Waals surface area (Å²) in [6.45, 7) is 1.25. The Balaban J connectivity index is 1.80. The van der Waals surface area contributed by atoms with E-state index in [4.69, 9.17) is 16.3 Å². The van der Waals surface area contributed by atoms with Gasteiger partial charge in [0.15, 0.2) is 5.75 Å². The molecule has 0 bridgehead atoms. The van der Waals surface area contributed by atoms with Crippen LogP contribution in [0.1, 0.15) is 12.5 Å². The van der Waals surface area contributed by atoms with Crippen LogP contribution >= 0.6 is 39.3 Å². The fourth-order valence-electron chi connectivity index (χ4n) is 2.81. The fraction of sp³-hybridized carbons (Fsp3) is 0.150. The average Bonchev–Trinajstić information content (AvgIpc) is 3.00. The smallest absolute Gasteiger partial charge is 0.315 e. The van der Waals surface area contributed by atoms with Crippen LogP contribution in [0.2, 0.25) is 5.02 Å². The van der Waals surface area contributed by atoms with Crippen LogP contribution in [0.3, 0.4) is 0 Å². The number of ether oxygens (including phenoxy) is 1. The number of hydrogen-bond donors (Lipinski definition) is 2. The van der Waals surface area contributed by atoms with Crippen LogP contribution in [0.25, 0.3) is 6.08 Å². The molecular weight excluding hydrogens is 542 g/mol. The predicted octanol–water partition coefficient (Wildman–Crippen LogP) is 4.79. The first-order valence-corrected chi connectivity index (χ1v) is 11.2. The second-order valence-electron chi connectivity index (χ2n) is 6.52. The molecule has 0 saturated carbocycles. The zero-order valence-electron chi connectivity index (χ0n) is 16.8. The second-order valence-corrected chi connectivity index (χ2v) is 8.78. The maximum atomic E-state index is 12.7. The minimum absolute atomic E-state index is 0.0399. The van der Waals surface area contributed by atoms with E-state index in [1.807, 2.05) is 0 Å². The van der Waals surface area contributed by atoms with Crippen LogP contribution in [-0.4, -0.2) is 45.1 Å². The standard InChI is InChI=1S/C20H15BrClN3O7S/c1-2-32-15-6-10(5-14(18(15)27)25(30)31)7-16-19(28)24(20(29)33-16)9-17(26)23-11-3-4-12(21)13(22)8-11/h3-8,27H,2,9H2,1H3,(H,23,26)/b16-7-. The van der Waals surface area contributed by atoms with E-state index in [-0.39, 0.29) is 22.8 Å². The van der Waals surface area contributed by atoms with Crippen molar-refractivity contribution in [1.29, 1.82) is 0 Å². The SMILES string of the molecule is CCOc1cc(/C=C2\SC(=O)N(CC(=O)Nc3ccc(Br)c(Cl)c3)C2=O)cc([N+](=O)[O-])c1O. The Morgan fingerprint density at radius 1 is 1.36 bits per heavy atom. The molecule has 1 saturated heterocycles. The molecule has 0 aromatic heterocycles. The normalized spacial score (nSPS) is 14.6. The minimum Gasteiger partial charge on any atom is -0.500 e. The third-order valence-electron chi connectivity index (χ3n) is 4.25. The molecule has 1 fully saturated rings. The number of hydrogen-bond acceptors (Lipinski definition) is 8.